The molecule has 0 unspecified atom stereocenters. The van der Waals surface area contributed by atoms with Crippen LogP contribution in [0.4, 0.5) is 0 Å². The number of carbonyl (C=O) groups excluding carboxylic acids is 1. The number of hydrogen-bond acceptors (Lipinski definition) is 8. The molecule has 5 rings (SSSR count). The van der Waals surface area contributed by atoms with Crippen LogP contribution in [0.3, 0.4) is 0 Å². The second kappa shape index (κ2) is 7.68. The van der Waals surface area contributed by atoms with Crippen LogP contribution in [0, 0.1) is 20.8 Å². The molecular formula is C21H20N8O2S. The maximum atomic E-state index is 13.2. The van der Waals surface area contributed by atoms with Crippen LogP contribution in [-0.2, 0) is 0 Å². The van der Waals surface area contributed by atoms with Gasteiger partial charge in [-0.25, -0.2) is 15.0 Å². The molecular weight excluding hydrogens is 428 g/mol. The number of carbonyl (C=O) groups is 1. The van der Waals surface area contributed by atoms with Crippen molar-refractivity contribution in [3.63, 3.8) is 0 Å². The Hall–Kier alpha value is -3.86. The molecule has 2 N–H and O–H groups in total. The van der Waals surface area contributed by atoms with E-state index >= 15 is 0 Å². The molecule has 0 saturated heterocycles. The van der Waals surface area contributed by atoms with Crippen molar-refractivity contribution in [2.24, 2.45) is 0 Å². The van der Waals surface area contributed by atoms with Gasteiger partial charge in [0, 0.05) is 22.8 Å². The molecule has 5 aromatic heterocycles. The molecule has 0 aromatic carbocycles. The lowest BCUT2D eigenvalue weighted by atomic mass is 10.0. The van der Waals surface area contributed by atoms with Gasteiger partial charge in [0.2, 0.25) is 0 Å². The van der Waals surface area contributed by atoms with Gasteiger partial charge in [-0.05, 0) is 33.8 Å². The summed E-state index contributed by atoms with van der Waals surface area (Å²) in [5.74, 6) is 0.984. The molecule has 0 radical (unpaired) electrons. The zero-order chi connectivity index (χ0) is 22.4. The van der Waals surface area contributed by atoms with Crippen molar-refractivity contribution in [1.29, 1.82) is 0 Å². The van der Waals surface area contributed by atoms with E-state index in [-0.39, 0.29) is 11.9 Å². The summed E-state index contributed by atoms with van der Waals surface area (Å²) >= 11 is 1.57. The van der Waals surface area contributed by atoms with Crippen molar-refractivity contribution in [2.75, 3.05) is 0 Å². The van der Waals surface area contributed by atoms with Crippen LogP contribution in [-0.4, -0.2) is 40.6 Å². The molecule has 0 aliphatic rings. The molecule has 5 heterocycles. The lowest BCUT2D eigenvalue weighted by Gasteiger charge is -2.13. The average Bonchev–Trinajstić information content (AvgIpc) is 3.55. The van der Waals surface area contributed by atoms with Crippen molar-refractivity contribution >= 4 is 22.9 Å². The Balaban J connectivity index is 1.66. The van der Waals surface area contributed by atoms with Crippen molar-refractivity contribution < 1.29 is 9.32 Å². The number of aryl methyl sites for hydroxylation is 3. The molecule has 5 aromatic rings. The summed E-state index contributed by atoms with van der Waals surface area (Å²) in [4.78, 5) is 27.6. The Morgan fingerprint density at radius 1 is 1.22 bits per heavy atom. The number of nitrogens with one attached hydrogen (secondary N) is 2. The molecule has 0 aliphatic heterocycles. The summed E-state index contributed by atoms with van der Waals surface area (Å²) in [6.07, 6.45) is 6.78. The smallest absolute Gasteiger partial charge is 0.253 e. The van der Waals surface area contributed by atoms with Gasteiger partial charge in [-0.15, -0.1) is 11.3 Å². The summed E-state index contributed by atoms with van der Waals surface area (Å²) < 4.78 is 7.29. The minimum absolute atomic E-state index is 0.251. The predicted octanol–water partition coefficient (Wildman–Crippen LogP) is 3.65. The van der Waals surface area contributed by atoms with E-state index in [1.807, 2.05) is 44.4 Å². The first-order valence-electron chi connectivity index (χ1n) is 9.95. The van der Waals surface area contributed by atoms with Crippen LogP contribution < -0.4 is 5.32 Å². The fourth-order valence-corrected chi connectivity index (χ4v) is 4.44. The summed E-state index contributed by atoms with van der Waals surface area (Å²) in [6.45, 7) is 7.56. The maximum absolute atomic E-state index is 13.2. The molecule has 1 amide bonds. The fraction of sp³-hybridized carbons (Fsp3) is 0.238. The fourth-order valence-electron chi connectivity index (χ4n) is 3.67. The molecule has 0 fully saturated rings. The predicted molar refractivity (Wildman–Crippen MR) is 118 cm³/mol. The van der Waals surface area contributed by atoms with Crippen molar-refractivity contribution in [2.45, 2.75) is 33.7 Å². The van der Waals surface area contributed by atoms with Gasteiger partial charge in [-0.3, -0.25) is 14.3 Å². The summed E-state index contributed by atoms with van der Waals surface area (Å²) in [7, 11) is 0. The topological polar surface area (TPSA) is 127 Å². The lowest BCUT2D eigenvalue weighted by Crippen LogP contribution is -2.27. The molecule has 0 bridgehead atoms. The highest BCUT2D eigenvalue weighted by Gasteiger charge is 2.22. The van der Waals surface area contributed by atoms with Gasteiger partial charge in [-0.1, -0.05) is 5.16 Å². The number of imidazole rings is 1. The quantitative estimate of drug-likeness (QED) is 0.420. The minimum atomic E-state index is -0.341. The third-order valence-corrected chi connectivity index (χ3v) is 6.14. The monoisotopic (exact) mass is 448 g/mol. The number of amides is 1. The zero-order valence-corrected chi connectivity index (χ0v) is 18.7. The van der Waals surface area contributed by atoms with E-state index in [0.29, 0.717) is 22.8 Å². The number of rotatable bonds is 5. The van der Waals surface area contributed by atoms with Gasteiger partial charge in [0.25, 0.3) is 5.91 Å². The van der Waals surface area contributed by atoms with Gasteiger partial charge in [0.15, 0.2) is 0 Å². The Morgan fingerprint density at radius 2 is 2.06 bits per heavy atom. The zero-order valence-electron chi connectivity index (χ0n) is 17.9. The Bertz CT molecular complexity index is 1410. The average molecular weight is 449 g/mol. The van der Waals surface area contributed by atoms with Crippen LogP contribution >= 0.6 is 11.3 Å². The van der Waals surface area contributed by atoms with E-state index in [1.165, 1.54) is 6.33 Å². The van der Waals surface area contributed by atoms with Crippen LogP contribution in [0.25, 0.3) is 27.5 Å². The summed E-state index contributed by atoms with van der Waals surface area (Å²) in [6, 6.07) is 1.47. The van der Waals surface area contributed by atoms with Gasteiger partial charge in [-0.2, -0.15) is 5.10 Å². The molecule has 0 aliphatic carbocycles. The Labute approximate surface area is 186 Å². The maximum Gasteiger partial charge on any atom is 0.253 e. The number of thiazole rings is 1. The third-order valence-electron chi connectivity index (χ3n) is 5.20. The summed E-state index contributed by atoms with van der Waals surface area (Å²) in [5.41, 5.74) is 4.28. The molecule has 0 spiro atoms. The third kappa shape index (κ3) is 3.36. The van der Waals surface area contributed by atoms with E-state index in [0.717, 1.165) is 32.4 Å². The van der Waals surface area contributed by atoms with Crippen LogP contribution in [0.1, 0.15) is 45.5 Å². The lowest BCUT2D eigenvalue weighted by molar-refractivity contribution is 0.0938. The molecule has 11 heteroatoms. The highest BCUT2D eigenvalue weighted by molar-refractivity contribution is 7.14. The summed E-state index contributed by atoms with van der Waals surface area (Å²) in [5, 5.41) is 14.5. The van der Waals surface area contributed by atoms with Crippen molar-refractivity contribution in [3.8, 4) is 21.8 Å². The molecule has 162 valence electrons. The van der Waals surface area contributed by atoms with E-state index in [4.69, 9.17) is 4.52 Å². The first kappa shape index (κ1) is 20.1. The number of hydrogen-bond donors (Lipinski definition) is 2. The normalized spacial score (nSPS) is 12.4. The number of pyridine rings is 1. The second-order valence-corrected chi connectivity index (χ2v) is 8.76. The molecule has 10 nitrogen and oxygen atoms in total. The van der Waals surface area contributed by atoms with Crippen LogP contribution in [0.15, 0.2) is 35.5 Å². The SMILES string of the molecule is Cc1cnc(-c2cnc3c(-c4c(C)noc4C)cc(C(=O)N[C@@H](C)c4ncn[nH]4)cn23)s1. The van der Waals surface area contributed by atoms with Gasteiger partial charge < -0.3 is 9.84 Å². The number of fused-ring (bicyclic) bond motifs is 1. The van der Waals surface area contributed by atoms with Gasteiger partial charge in [0.1, 0.15) is 34.3 Å². The number of nitrogens with zero attached hydrogens (tertiary/aromatic N) is 6. The number of aromatic amines is 1. The molecule has 0 saturated carbocycles. The molecule has 32 heavy (non-hydrogen) atoms. The molecule has 1 atom stereocenters. The minimum Gasteiger partial charge on any atom is -0.361 e. The van der Waals surface area contributed by atoms with Gasteiger partial charge in [0.05, 0.1) is 29.1 Å². The Kier molecular flexibility index (Phi) is 4.82. The highest BCUT2D eigenvalue weighted by Crippen LogP contribution is 2.34. The van der Waals surface area contributed by atoms with E-state index in [2.05, 4.69) is 35.6 Å². The van der Waals surface area contributed by atoms with E-state index < -0.39 is 0 Å². The standard InChI is InChI=1S/C21H20N8O2S/c1-10-6-23-21(32-10)16-7-22-19-15(17-11(2)28-31-13(17)4)5-14(8-29(16)19)20(30)26-12(3)18-24-9-25-27-18/h5-9,12H,1-4H3,(H,26,30)(H,24,25,27)/t12-/m0/s1. The number of aromatic nitrogens is 7. The van der Waals surface area contributed by atoms with Crippen LogP contribution in [0.5, 0.6) is 0 Å². The van der Waals surface area contributed by atoms with Crippen LogP contribution in [0.2, 0.25) is 0 Å². The van der Waals surface area contributed by atoms with E-state index in [9.17, 15) is 4.79 Å². The Morgan fingerprint density at radius 3 is 2.72 bits per heavy atom. The largest absolute Gasteiger partial charge is 0.361 e. The second-order valence-electron chi connectivity index (χ2n) is 7.52. The van der Waals surface area contributed by atoms with Crippen molar-refractivity contribution in [1.82, 2.24) is 40.0 Å². The first-order chi connectivity index (χ1) is 15.4. The number of H-pyrrole nitrogens is 1. The highest BCUT2D eigenvalue weighted by atomic mass is 32.1. The first-order valence-corrected chi connectivity index (χ1v) is 10.8. The van der Waals surface area contributed by atoms with Crippen molar-refractivity contribution in [3.05, 3.63) is 58.7 Å². The van der Waals surface area contributed by atoms with Gasteiger partial charge >= 0.3 is 0 Å². The van der Waals surface area contributed by atoms with E-state index in [1.54, 1.807) is 23.7 Å².